The third kappa shape index (κ3) is 3.04. The van der Waals surface area contributed by atoms with Crippen molar-refractivity contribution in [3.8, 4) is 0 Å². The second kappa shape index (κ2) is 5.85. The number of thioether (sulfide) groups is 1. The molecule has 0 radical (unpaired) electrons. The van der Waals surface area contributed by atoms with Crippen molar-refractivity contribution in [3.05, 3.63) is 34.3 Å². The molecule has 18 heavy (non-hydrogen) atoms. The van der Waals surface area contributed by atoms with Crippen LogP contribution in [0.25, 0.3) is 0 Å². The van der Waals surface area contributed by atoms with Gasteiger partial charge in [-0.15, -0.1) is 0 Å². The Kier molecular flexibility index (Phi) is 4.63. The molecule has 1 aromatic carbocycles. The van der Waals surface area contributed by atoms with E-state index in [9.17, 15) is 0 Å². The van der Waals surface area contributed by atoms with Gasteiger partial charge in [-0.05, 0) is 60.1 Å². The van der Waals surface area contributed by atoms with E-state index in [1.54, 1.807) is 0 Å². The van der Waals surface area contributed by atoms with Gasteiger partial charge in [0.15, 0.2) is 0 Å². The molecule has 3 heteroatoms. The lowest BCUT2D eigenvalue weighted by Gasteiger charge is -2.28. The van der Waals surface area contributed by atoms with Crippen molar-refractivity contribution in [3.63, 3.8) is 0 Å². The molecule has 0 heterocycles. The van der Waals surface area contributed by atoms with Crippen LogP contribution in [0.3, 0.4) is 0 Å². The van der Waals surface area contributed by atoms with E-state index in [1.807, 2.05) is 17.8 Å². The largest absolute Gasteiger partial charge is 0.309 e. The molecule has 1 atom stereocenters. The third-order valence-electron chi connectivity index (χ3n) is 3.72. The summed E-state index contributed by atoms with van der Waals surface area (Å²) in [5.41, 5.74) is 3.13. The first-order chi connectivity index (χ1) is 8.54. The summed E-state index contributed by atoms with van der Waals surface area (Å²) in [6.45, 7) is 5.77. The molecular weight excluding hydrogens is 262 g/mol. The summed E-state index contributed by atoms with van der Waals surface area (Å²) >= 11 is 8.05. The Morgan fingerprint density at radius 2 is 2.22 bits per heavy atom. The van der Waals surface area contributed by atoms with Crippen LogP contribution in [0.5, 0.6) is 0 Å². The Balaban J connectivity index is 2.10. The van der Waals surface area contributed by atoms with E-state index < -0.39 is 0 Å². The van der Waals surface area contributed by atoms with Crippen molar-refractivity contribution in [2.75, 3.05) is 18.6 Å². The Hall–Kier alpha value is -0.180. The number of rotatable bonds is 5. The Morgan fingerprint density at radius 3 is 2.94 bits per heavy atom. The van der Waals surface area contributed by atoms with Crippen LogP contribution >= 0.6 is 23.4 Å². The van der Waals surface area contributed by atoms with E-state index in [1.165, 1.54) is 23.3 Å². The summed E-state index contributed by atoms with van der Waals surface area (Å²) in [7, 11) is 0. The Bertz CT molecular complexity index is 417. The van der Waals surface area contributed by atoms with Crippen molar-refractivity contribution in [2.24, 2.45) is 5.41 Å². The molecule has 1 unspecified atom stereocenters. The van der Waals surface area contributed by atoms with Crippen LogP contribution in [0.4, 0.5) is 0 Å². The molecule has 0 saturated carbocycles. The third-order valence-corrected chi connectivity index (χ3v) is 4.65. The standard InChI is InChI=1S/C15H22ClNS/c1-15(2)10-11-5-6-12(16)9-13(11)14(15)17-7-4-8-18-3/h5-6,9,14,17H,4,7-8,10H2,1-3H3. The van der Waals surface area contributed by atoms with Gasteiger partial charge >= 0.3 is 0 Å². The zero-order chi connectivity index (χ0) is 13.2. The molecule has 0 aliphatic heterocycles. The van der Waals surface area contributed by atoms with Crippen LogP contribution in [0.2, 0.25) is 5.02 Å². The maximum atomic E-state index is 6.13. The van der Waals surface area contributed by atoms with Crippen LogP contribution in [0.1, 0.15) is 37.4 Å². The molecule has 0 aromatic heterocycles. The van der Waals surface area contributed by atoms with Gasteiger partial charge in [0, 0.05) is 11.1 Å². The molecule has 1 N–H and O–H groups in total. The van der Waals surface area contributed by atoms with Crippen molar-refractivity contribution in [2.45, 2.75) is 32.7 Å². The van der Waals surface area contributed by atoms with E-state index >= 15 is 0 Å². The Morgan fingerprint density at radius 1 is 1.44 bits per heavy atom. The van der Waals surface area contributed by atoms with Crippen molar-refractivity contribution < 1.29 is 0 Å². The molecular formula is C15H22ClNS. The lowest BCUT2D eigenvalue weighted by molar-refractivity contribution is 0.270. The summed E-state index contributed by atoms with van der Waals surface area (Å²) in [4.78, 5) is 0. The molecule has 0 bridgehead atoms. The van der Waals surface area contributed by atoms with Crippen molar-refractivity contribution in [1.82, 2.24) is 5.32 Å². The lowest BCUT2D eigenvalue weighted by atomic mass is 9.85. The first-order valence-corrected chi connectivity index (χ1v) is 8.32. The van der Waals surface area contributed by atoms with Crippen LogP contribution < -0.4 is 5.32 Å². The van der Waals surface area contributed by atoms with Gasteiger partial charge in [-0.3, -0.25) is 0 Å². The van der Waals surface area contributed by atoms with E-state index in [4.69, 9.17) is 11.6 Å². The fourth-order valence-electron chi connectivity index (χ4n) is 2.86. The second-order valence-electron chi connectivity index (χ2n) is 5.74. The van der Waals surface area contributed by atoms with Crippen LogP contribution in [-0.2, 0) is 6.42 Å². The van der Waals surface area contributed by atoms with E-state index in [-0.39, 0.29) is 5.41 Å². The molecule has 1 aliphatic rings. The van der Waals surface area contributed by atoms with Gasteiger partial charge in [0.25, 0.3) is 0 Å². The zero-order valence-corrected chi connectivity index (χ0v) is 13.0. The second-order valence-corrected chi connectivity index (χ2v) is 7.16. The zero-order valence-electron chi connectivity index (χ0n) is 11.4. The van der Waals surface area contributed by atoms with E-state index in [0.29, 0.717) is 6.04 Å². The average molecular weight is 284 g/mol. The van der Waals surface area contributed by atoms with Crippen LogP contribution in [0.15, 0.2) is 18.2 Å². The van der Waals surface area contributed by atoms with Gasteiger partial charge in [0.1, 0.15) is 0 Å². The molecule has 100 valence electrons. The highest BCUT2D eigenvalue weighted by Gasteiger charge is 2.38. The fraction of sp³-hybridized carbons (Fsp3) is 0.600. The highest BCUT2D eigenvalue weighted by Crippen LogP contribution is 2.45. The summed E-state index contributed by atoms with van der Waals surface area (Å²) in [6.07, 6.45) is 4.53. The highest BCUT2D eigenvalue weighted by atomic mass is 35.5. The molecule has 0 saturated heterocycles. The lowest BCUT2D eigenvalue weighted by Crippen LogP contribution is -2.32. The minimum absolute atomic E-state index is 0.284. The minimum Gasteiger partial charge on any atom is -0.309 e. The quantitative estimate of drug-likeness (QED) is 0.809. The number of hydrogen-bond acceptors (Lipinski definition) is 2. The maximum Gasteiger partial charge on any atom is 0.0409 e. The molecule has 1 nitrogen and oxygen atoms in total. The summed E-state index contributed by atoms with van der Waals surface area (Å²) in [5.74, 6) is 1.22. The molecule has 0 fully saturated rings. The van der Waals surface area contributed by atoms with Gasteiger partial charge in [0.2, 0.25) is 0 Å². The fourth-order valence-corrected chi connectivity index (χ4v) is 3.47. The smallest absolute Gasteiger partial charge is 0.0409 e. The molecule has 0 spiro atoms. The summed E-state index contributed by atoms with van der Waals surface area (Å²) in [6, 6.07) is 6.76. The maximum absolute atomic E-state index is 6.13. The molecule has 1 aliphatic carbocycles. The van der Waals surface area contributed by atoms with E-state index in [2.05, 4.69) is 37.6 Å². The molecule has 0 amide bonds. The normalized spacial score (nSPS) is 21.0. The van der Waals surface area contributed by atoms with Gasteiger partial charge in [-0.1, -0.05) is 31.5 Å². The molecule has 2 rings (SSSR count). The predicted octanol–water partition coefficient (Wildman–Crippen LogP) is 4.31. The number of halogens is 1. The van der Waals surface area contributed by atoms with Gasteiger partial charge in [0.05, 0.1) is 0 Å². The average Bonchev–Trinajstić information content (AvgIpc) is 2.55. The van der Waals surface area contributed by atoms with Crippen LogP contribution in [0, 0.1) is 5.41 Å². The van der Waals surface area contributed by atoms with Gasteiger partial charge in [-0.25, -0.2) is 0 Å². The summed E-state index contributed by atoms with van der Waals surface area (Å²) < 4.78 is 0. The van der Waals surface area contributed by atoms with Gasteiger partial charge < -0.3 is 5.32 Å². The SMILES string of the molecule is CSCCCNC1c2cc(Cl)ccc2CC1(C)C. The van der Waals surface area contributed by atoms with Crippen molar-refractivity contribution in [1.29, 1.82) is 0 Å². The monoisotopic (exact) mass is 283 g/mol. The van der Waals surface area contributed by atoms with Crippen LogP contribution in [-0.4, -0.2) is 18.6 Å². The van der Waals surface area contributed by atoms with Crippen molar-refractivity contribution >= 4 is 23.4 Å². The number of nitrogens with one attached hydrogen (secondary N) is 1. The minimum atomic E-state index is 0.284. The number of hydrogen-bond donors (Lipinski definition) is 1. The first kappa shape index (κ1) is 14.2. The van der Waals surface area contributed by atoms with Gasteiger partial charge in [-0.2, -0.15) is 11.8 Å². The highest BCUT2D eigenvalue weighted by molar-refractivity contribution is 7.98. The van der Waals surface area contributed by atoms with E-state index in [0.717, 1.165) is 18.0 Å². The number of benzene rings is 1. The number of fused-ring (bicyclic) bond motifs is 1. The topological polar surface area (TPSA) is 12.0 Å². The molecule has 1 aromatic rings. The first-order valence-electron chi connectivity index (χ1n) is 6.55. The Labute approximate surface area is 120 Å². The predicted molar refractivity (Wildman–Crippen MR) is 82.7 cm³/mol. The summed E-state index contributed by atoms with van der Waals surface area (Å²) in [5, 5.41) is 4.57.